The molecule has 102 heavy (non-hydrogen) atoms. The van der Waals surface area contributed by atoms with Gasteiger partial charge in [-0.05, 0) is 101 Å². The van der Waals surface area contributed by atoms with Gasteiger partial charge < -0.3 is 59.4 Å². The van der Waals surface area contributed by atoms with E-state index in [0.29, 0.717) is 85.3 Å². The molecule has 3 aliphatic heterocycles. The number of aliphatic carboxylic acids is 1. The topological polar surface area (TPSA) is 413 Å². The lowest BCUT2D eigenvalue weighted by atomic mass is 9.60. The van der Waals surface area contributed by atoms with Crippen molar-refractivity contribution in [2.45, 2.75) is 117 Å². The summed E-state index contributed by atoms with van der Waals surface area (Å²) in [4.78, 5) is 73.7. The molecule has 0 bridgehead atoms. The first-order valence-corrected chi connectivity index (χ1v) is 33.5. The van der Waals surface area contributed by atoms with Crippen molar-refractivity contribution >= 4 is 53.1 Å². The van der Waals surface area contributed by atoms with Gasteiger partial charge in [-0.2, -0.15) is 30.6 Å². The number of carbonyl (C=O) groups excluding carboxylic acids is 5. The molecular formula is C73H83N21O8. The Morgan fingerprint density at radius 3 is 1.11 bits per heavy atom. The molecule has 0 unspecified atom stereocenters. The molecule has 3 aromatic carbocycles. The minimum atomic E-state index is -1.07. The van der Waals surface area contributed by atoms with Crippen molar-refractivity contribution in [1.82, 2.24) is 73.8 Å². The lowest BCUT2D eigenvalue weighted by molar-refractivity contribution is -0.148. The minimum Gasteiger partial charge on any atom is -0.472 e. The number of amides is 5. The van der Waals surface area contributed by atoms with E-state index >= 15 is 0 Å². The molecule has 6 aliphatic rings. The average Bonchev–Trinajstić information content (AvgIpc) is 1.24. The van der Waals surface area contributed by atoms with Crippen molar-refractivity contribution in [3.8, 4) is 57.5 Å². The zero-order valence-electron chi connectivity index (χ0n) is 57.5. The Balaban J connectivity index is 0.000000139. The number of carboxylic acid groups (broad SMARTS) is 1. The van der Waals surface area contributed by atoms with Gasteiger partial charge in [0, 0.05) is 91.3 Å². The summed E-state index contributed by atoms with van der Waals surface area (Å²) in [5.74, 6) is 7.23. The fourth-order valence-corrected chi connectivity index (χ4v) is 14.6. The number of nitrogens with two attached hydrogens (primary N) is 6. The second kappa shape index (κ2) is 28.3. The highest BCUT2D eigenvalue weighted by Gasteiger charge is 2.57. The summed E-state index contributed by atoms with van der Waals surface area (Å²) in [6.45, 7) is 15.4. The molecule has 9 aromatic rings. The van der Waals surface area contributed by atoms with E-state index < -0.39 is 29.3 Å². The molecular weight excluding hydrogens is 1300 g/mol. The normalized spacial score (nSPS) is 17.0. The number of aromatic nitrogens is 12. The standard InChI is InChI=1S/C25H31N7O3.C24H25N7O2.C20H23N7O.C4H4O2/c1-24(2,3)35-23(34)30-14-25(15-30)9-18(10-25)32-21(26)19(22(27)33)20(29-32)17-11-28-31(13-17)12-16-7-5-4-6-8-16;1-2-6-19(32)29-14-24(15-29)9-18(10-24)31-22(25)20(23(26)33)21(28-31)17-11-27-30(13-17)12-16-7-4-3-5-8-16;21-18-16(19(22)28)17(25-27(18)15-6-20(7-15)11-23-12-20)14-8-24-26(10-14)9-13-4-2-1-3-5-13;1-2-3-4(5)6/h4-8,11,13,18H,9-10,12,14-15,26H2,1-3H3,(H2,27,33);3-5,7-8,11,13,18H,9-10,12,14-15,25H2,1H3,(H2,26,33);1-5,8,10,15,23H,6-7,9,11-12,21H2,(H2,22,28);1H3,(H,5,6). The lowest BCUT2D eigenvalue weighted by Crippen LogP contribution is -2.64. The average molecular weight is 1380 g/mol. The third-order valence-electron chi connectivity index (χ3n) is 19.4. The summed E-state index contributed by atoms with van der Waals surface area (Å²) in [5, 5.41) is 38.4. The summed E-state index contributed by atoms with van der Waals surface area (Å²) in [6.07, 6.45) is 15.7. The Labute approximate surface area is 588 Å². The van der Waals surface area contributed by atoms with Crippen LogP contribution in [-0.2, 0) is 34.0 Å². The quantitative estimate of drug-likeness (QED) is 0.0529. The van der Waals surface area contributed by atoms with Gasteiger partial charge in [0.2, 0.25) is 0 Å². The Kier molecular flexibility index (Phi) is 19.4. The molecule has 3 spiro atoms. The first kappa shape index (κ1) is 69.9. The van der Waals surface area contributed by atoms with Crippen LogP contribution in [0.5, 0.6) is 0 Å². The fourth-order valence-electron chi connectivity index (χ4n) is 14.6. The Hall–Kier alpha value is -12.0. The molecule has 14 N–H and O–H groups in total. The van der Waals surface area contributed by atoms with E-state index in [9.17, 15) is 28.8 Å². The van der Waals surface area contributed by atoms with E-state index in [4.69, 9.17) is 49.3 Å². The molecule has 5 amide bonds. The number of hydrogen-bond acceptors (Lipinski definition) is 17. The van der Waals surface area contributed by atoms with E-state index in [1.165, 1.54) is 6.92 Å². The molecule has 3 aliphatic carbocycles. The smallest absolute Gasteiger partial charge is 0.410 e. The number of carbonyl (C=O) groups is 6. The van der Waals surface area contributed by atoms with Crippen molar-refractivity contribution in [2.75, 3.05) is 56.5 Å². The molecule has 528 valence electrons. The van der Waals surface area contributed by atoms with Gasteiger partial charge in [-0.15, -0.1) is 0 Å². The van der Waals surface area contributed by atoms with E-state index in [-0.39, 0.29) is 69.3 Å². The first-order chi connectivity index (χ1) is 48.7. The van der Waals surface area contributed by atoms with Crippen LogP contribution < -0.4 is 39.7 Å². The number of ether oxygens (including phenoxy) is 1. The molecule has 29 heteroatoms. The summed E-state index contributed by atoms with van der Waals surface area (Å²) < 4.78 is 16.1. The SMILES string of the molecule is CC#CC(=O)N1CC2(CC(n3nc(-c4cnn(Cc5ccccc5)c4)c(C(N)=O)c3N)C2)C1.CC#CC(=O)O.CC(C)(C)OC(=O)N1CC2(CC(n3nc(-c4cnn(Cc5ccccc5)c4)c(C(N)=O)c3N)C2)C1.NC(=O)c1c(-c2cnn(Cc3ccccc3)c2)nn(C2CC3(CNC3)C2)c1N. The van der Waals surface area contributed by atoms with Crippen LogP contribution in [0.15, 0.2) is 128 Å². The number of primary amides is 3. The maximum absolute atomic E-state index is 12.3. The molecule has 3 saturated carbocycles. The van der Waals surface area contributed by atoms with Gasteiger partial charge in [0.25, 0.3) is 23.6 Å². The van der Waals surface area contributed by atoms with Crippen molar-refractivity contribution in [3.05, 3.63) is 162 Å². The van der Waals surface area contributed by atoms with E-state index in [2.05, 4.69) is 48.6 Å². The van der Waals surface area contributed by atoms with Crippen molar-refractivity contribution in [1.29, 1.82) is 0 Å². The van der Waals surface area contributed by atoms with Crippen LogP contribution in [0.1, 0.15) is 139 Å². The van der Waals surface area contributed by atoms with Crippen molar-refractivity contribution in [2.24, 2.45) is 33.4 Å². The predicted octanol–water partition coefficient (Wildman–Crippen LogP) is 6.21. The number of carboxylic acids is 1. The molecule has 29 nitrogen and oxygen atoms in total. The third-order valence-corrected chi connectivity index (χ3v) is 19.4. The van der Waals surface area contributed by atoms with Crippen molar-refractivity contribution in [3.63, 3.8) is 0 Å². The third kappa shape index (κ3) is 14.8. The fraction of sp³-hybridized carbons (Fsp3) is 0.370. The zero-order chi connectivity index (χ0) is 72.4. The number of hydrogen-bond donors (Lipinski definition) is 8. The van der Waals surface area contributed by atoms with Gasteiger partial charge >= 0.3 is 12.1 Å². The summed E-state index contributed by atoms with van der Waals surface area (Å²) in [7, 11) is 0. The van der Waals surface area contributed by atoms with Crippen LogP contribution in [-0.4, -0.2) is 154 Å². The second-order valence-electron chi connectivity index (χ2n) is 28.3. The van der Waals surface area contributed by atoms with E-state index in [0.717, 1.165) is 73.9 Å². The van der Waals surface area contributed by atoms with Gasteiger partial charge in [0.1, 0.15) is 56.8 Å². The number of anilines is 3. The highest BCUT2D eigenvalue weighted by molar-refractivity contribution is 6.05. The molecule has 0 atom stereocenters. The maximum atomic E-state index is 12.3. The van der Waals surface area contributed by atoms with Gasteiger partial charge in [-0.3, -0.25) is 33.2 Å². The van der Waals surface area contributed by atoms with Crippen LogP contribution in [0.3, 0.4) is 0 Å². The van der Waals surface area contributed by atoms with Crippen molar-refractivity contribution < 1.29 is 38.6 Å². The molecule has 6 aromatic heterocycles. The van der Waals surface area contributed by atoms with E-state index in [1.807, 2.05) is 141 Å². The second-order valence-corrected chi connectivity index (χ2v) is 28.3. The van der Waals surface area contributed by atoms with Gasteiger partial charge in [-0.1, -0.05) is 103 Å². The summed E-state index contributed by atoms with van der Waals surface area (Å²) >= 11 is 0. The molecule has 15 rings (SSSR count). The largest absolute Gasteiger partial charge is 0.472 e. The van der Waals surface area contributed by atoms with Gasteiger partial charge in [0.05, 0.1) is 56.4 Å². The maximum Gasteiger partial charge on any atom is 0.410 e. The highest BCUT2D eigenvalue weighted by atomic mass is 16.6. The van der Waals surface area contributed by atoms with Gasteiger partial charge in [0.15, 0.2) is 0 Å². The van der Waals surface area contributed by atoms with Crippen LogP contribution in [0.25, 0.3) is 33.8 Å². The first-order valence-electron chi connectivity index (χ1n) is 33.5. The summed E-state index contributed by atoms with van der Waals surface area (Å²) in [5.41, 5.74) is 43.6. The molecule has 3 saturated heterocycles. The lowest BCUT2D eigenvalue weighted by Gasteiger charge is -2.58. The molecule has 6 fully saturated rings. The Morgan fingerprint density at radius 1 is 0.510 bits per heavy atom. The van der Waals surface area contributed by atoms with Crippen LogP contribution in [0.4, 0.5) is 22.2 Å². The number of nitrogens with zero attached hydrogens (tertiary/aromatic N) is 14. The predicted molar refractivity (Wildman–Crippen MR) is 380 cm³/mol. The highest BCUT2D eigenvalue weighted by Crippen LogP contribution is 2.57. The zero-order valence-corrected chi connectivity index (χ0v) is 57.5. The number of benzene rings is 3. The monoisotopic (exact) mass is 1380 g/mol. The Morgan fingerprint density at radius 2 is 0.833 bits per heavy atom. The van der Waals surface area contributed by atoms with E-state index in [1.54, 1.807) is 58.7 Å². The van der Waals surface area contributed by atoms with Gasteiger partial charge in [-0.25, -0.2) is 23.6 Å². The minimum absolute atomic E-state index is 0.0435. The number of rotatable bonds is 15. The Bertz CT molecular complexity index is 4740. The summed E-state index contributed by atoms with van der Waals surface area (Å²) in [6, 6.07) is 30.4. The molecule has 9 heterocycles. The van der Waals surface area contributed by atoms with Crippen LogP contribution in [0.2, 0.25) is 0 Å². The number of nitrogens with one attached hydrogen (secondary N) is 1. The molecule has 0 radical (unpaired) electrons. The van der Waals surface area contributed by atoms with Crippen LogP contribution in [0, 0.1) is 39.9 Å². The number of nitrogen functional groups attached to an aromatic ring is 3. The van der Waals surface area contributed by atoms with Crippen LogP contribution >= 0.6 is 0 Å². The number of likely N-dealkylation sites (tertiary alicyclic amines) is 2.